The fraction of sp³-hybridized carbons (Fsp3) is 0.455. The Morgan fingerprint density at radius 3 is 2.82 bits per heavy atom. The van der Waals surface area contributed by atoms with Crippen molar-refractivity contribution in [3.05, 3.63) is 28.7 Å². The molecule has 1 fully saturated rings. The van der Waals surface area contributed by atoms with Crippen molar-refractivity contribution in [3.63, 3.8) is 0 Å². The zero-order valence-corrected chi connectivity index (χ0v) is 12.7. The molecule has 0 amide bonds. The molecule has 1 heterocycles. The van der Waals surface area contributed by atoms with E-state index >= 15 is 0 Å². The quantitative estimate of drug-likeness (QED) is 0.851. The molecule has 0 bridgehead atoms. The Balaban J connectivity index is 2.29. The maximum atomic E-state index is 12.4. The van der Waals surface area contributed by atoms with E-state index in [1.165, 1.54) is 4.31 Å². The first-order chi connectivity index (χ1) is 8.01. The Morgan fingerprint density at radius 1 is 1.47 bits per heavy atom. The minimum absolute atomic E-state index is 0.129. The van der Waals surface area contributed by atoms with Gasteiger partial charge in [-0.3, -0.25) is 0 Å². The Morgan fingerprint density at radius 2 is 2.24 bits per heavy atom. The van der Waals surface area contributed by atoms with E-state index in [0.29, 0.717) is 4.90 Å². The van der Waals surface area contributed by atoms with Crippen LogP contribution in [0, 0.1) is 0 Å². The molecule has 17 heavy (non-hydrogen) atoms. The zero-order valence-electron chi connectivity index (χ0n) is 9.47. The molecule has 1 aromatic carbocycles. The fourth-order valence-corrected chi connectivity index (χ4v) is 5.14. The van der Waals surface area contributed by atoms with Gasteiger partial charge in [0.25, 0.3) is 0 Å². The Bertz CT molecular complexity index is 498. The summed E-state index contributed by atoms with van der Waals surface area (Å²) in [5, 5.41) is 0. The molecular weight excluding hydrogens is 322 g/mol. The van der Waals surface area contributed by atoms with Gasteiger partial charge in [-0.1, -0.05) is 22.0 Å². The summed E-state index contributed by atoms with van der Waals surface area (Å²) in [6, 6.07) is 6.98. The fourth-order valence-electron chi connectivity index (χ4n) is 1.80. The molecule has 0 radical (unpaired) electrons. The van der Waals surface area contributed by atoms with Crippen LogP contribution in [0.15, 0.2) is 33.6 Å². The summed E-state index contributed by atoms with van der Waals surface area (Å²) >= 11 is 5.11. The standard InChI is InChI=1S/C11H14BrNO2S2/c1-13(10-5-6-16-8-10)17(14,15)11-4-2-3-9(12)7-11/h2-4,7,10H,5-6,8H2,1H3. The summed E-state index contributed by atoms with van der Waals surface area (Å²) in [5.41, 5.74) is 0. The van der Waals surface area contributed by atoms with Crippen LogP contribution in [0.25, 0.3) is 0 Å². The molecule has 0 spiro atoms. The highest BCUT2D eigenvalue weighted by Gasteiger charge is 2.30. The highest BCUT2D eigenvalue weighted by molar-refractivity contribution is 9.10. The topological polar surface area (TPSA) is 37.4 Å². The van der Waals surface area contributed by atoms with Crippen molar-refractivity contribution in [1.82, 2.24) is 4.31 Å². The molecule has 6 heteroatoms. The monoisotopic (exact) mass is 335 g/mol. The second-order valence-electron chi connectivity index (χ2n) is 4.00. The van der Waals surface area contributed by atoms with Gasteiger partial charge in [0.2, 0.25) is 10.0 Å². The lowest BCUT2D eigenvalue weighted by Gasteiger charge is -2.23. The molecule has 1 aliphatic rings. The van der Waals surface area contributed by atoms with Gasteiger partial charge in [0.1, 0.15) is 0 Å². The van der Waals surface area contributed by atoms with Gasteiger partial charge >= 0.3 is 0 Å². The molecule has 3 nitrogen and oxygen atoms in total. The van der Waals surface area contributed by atoms with E-state index in [1.807, 2.05) is 17.8 Å². The van der Waals surface area contributed by atoms with Crippen LogP contribution in [0.2, 0.25) is 0 Å². The van der Waals surface area contributed by atoms with Gasteiger partial charge in [0.05, 0.1) is 4.90 Å². The van der Waals surface area contributed by atoms with Crippen molar-refractivity contribution in [1.29, 1.82) is 0 Å². The van der Waals surface area contributed by atoms with Crippen molar-refractivity contribution in [2.45, 2.75) is 17.4 Å². The van der Waals surface area contributed by atoms with E-state index in [2.05, 4.69) is 15.9 Å². The largest absolute Gasteiger partial charge is 0.243 e. The normalized spacial score (nSPS) is 21.0. The van der Waals surface area contributed by atoms with Gasteiger partial charge in [-0.2, -0.15) is 16.1 Å². The average Bonchev–Trinajstić information content (AvgIpc) is 2.81. The third kappa shape index (κ3) is 2.86. The predicted octanol–water partition coefficient (Wildman–Crippen LogP) is 2.58. The summed E-state index contributed by atoms with van der Waals surface area (Å²) in [6.45, 7) is 0. The zero-order chi connectivity index (χ0) is 12.5. The van der Waals surface area contributed by atoms with Crippen LogP contribution in [0.1, 0.15) is 6.42 Å². The first-order valence-corrected chi connectivity index (χ1v) is 8.72. The lowest BCUT2D eigenvalue weighted by atomic mass is 10.3. The van der Waals surface area contributed by atoms with Crippen LogP contribution < -0.4 is 0 Å². The second-order valence-corrected chi connectivity index (χ2v) is 8.06. The molecular formula is C11H14BrNO2S2. The summed E-state index contributed by atoms with van der Waals surface area (Å²) in [7, 11) is -1.68. The first kappa shape index (κ1) is 13.4. The number of benzene rings is 1. The SMILES string of the molecule is CN(C1CCSC1)S(=O)(=O)c1cccc(Br)c1. The number of hydrogen-bond donors (Lipinski definition) is 0. The van der Waals surface area contributed by atoms with Crippen LogP contribution in [0.5, 0.6) is 0 Å². The molecule has 0 N–H and O–H groups in total. The Labute approximate surface area is 115 Å². The van der Waals surface area contributed by atoms with Crippen LogP contribution >= 0.6 is 27.7 Å². The van der Waals surface area contributed by atoms with E-state index in [1.54, 1.807) is 25.2 Å². The lowest BCUT2D eigenvalue weighted by molar-refractivity contribution is 0.394. The van der Waals surface area contributed by atoms with Crippen molar-refractivity contribution in [3.8, 4) is 0 Å². The first-order valence-electron chi connectivity index (χ1n) is 5.33. The number of rotatable bonds is 3. The van der Waals surface area contributed by atoms with E-state index in [4.69, 9.17) is 0 Å². The molecule has 0 aliphatic carbocycles. The Kier molecular flexibility index (Phi) is 4.18. The van der Waals surface area contributed by atoms with E-state index in [9.17, 15) is 8.42 Å². The molecule has 1 aliphatic heterocycles. The second kappa shape index (κ2) is 5.30. The number of hydrogen-bond acceptors (Lipinski definition) is 3. The molecule has 1 unspecified atom stereocenters. The van der Waals surface area contributed by atoms with Gasteiger partial charge < -0.3 is 0 Å². The molecule has 1 saturated heterocycles. The van der Waals surface area contributed by atoms with E-state index in [0.717, 1.165) is 22.4 Å². The lowest BCUT2D eigenvalue weighted by Crippen LogP contribution is -2.36. The number of nitrogens with zero attached hydrogens (tertiary/aromatic N) is 1. The van der Waals surface area contributed by atoms with E-state index < -0.39 is 10.0 Å². The highest BCUT2D eigenvalue weighted by atomic mass is 79.9. The van der Waals surface area contributed by atoms with Crippen LogP contribution in [-0.2, 0) is 10.0 Å². The van der Waals surface area contributed by atoms with Gasteiger partial charge in [0.15, 0.2) is 0 Å². The minimum atomic E-state index is -3.35. The van der Waals surface area contributed by atoms with Gasteiger partial charge in [0, 0.05) is 23.3 Å². The number of sulfonamides is 1. The minimum Gasteiger partial charge on any atom is -0.207 e. The van der Waals surface area contributed by atoms with Crippen molar-refractivity contribution >= 4 is 37.7 Å². The maximum Gasteiger partial charge on any atom is 0.243 e. The maximum absolute atomic E-state index is 12.4. The number of halogens is 1. The molecule has 0 aromatic heterocycles. The third-order valence-electron chi connectivity index (χ3n) is 2.89. The molecule has 1 aromatic rings. The molecule has 94 valence electrons. The van der Waals surface area contributed by atoms with Crippen LogP contribution in [0.4, 0.5) is 0 Å². The summed E-state index contributed by atoms with van der Waals surface area (Å²) < 4.78 is 27.0. The average molecular weight is 336 g/mol. The van der Waals surface area contributed by atoms with Gasteiger partial charge in [-0.25, -0.2) is 8.42 Å². The predicted molar refractivity (Wildman–Crippen MR) is 74.8 cm³/mol. The summed E-state index contributed by atoms with van der Waals surface area (Å²) in [4.78, 5) is 0.353. The smallest absolute Gasteiger partial charge is 0.207 e. The summed E-state index contributed by atoms with van der Waals surface area (Å²) in [5.74, 6) is 1.94. The van der Waals surface area contributed by atoms with Crippen LogP contribution in [0.3, 0.4) is 0 Å². The van der Waals surface area contributed by atoms with E-state index in [-0.39, 0.29) is 6.04 Å². The molecule has 2 rings (SSSR count). The Hall–Kier alpha value is -0.0400. The molecule has 0 saturated carbocycles. The highest BCUT2D eigenvalue weighted by Crippen LogP contribution is 2.27. The number of thioether (sulfide) groups is 1. The summed E-state index contributed by atoms with van der Waals surface area (Å²) in [6.07, 6.45) is 0.939. The van der Waals surface area contributed by atoms with Crippen molar-refractivity contribution in [2.24, 2.45) is 0 Å². The third-order valence-corrected chi connectivity index (χ3v) is 6.44. The van der Waals surface area contributed by atoms with Gasteiger partial charge in [-0.15, -0.1) is 0 Å². The van der Waals surface area contributed by atoms with Gasteiger partial charge in [-0.05, 0) is 30.4 Å². The van der Waals surface area contributed by atoms with Crippen molar-refractivity contribution < 1.29 is 8.42 Å². The molecule has 1 atom stereocenters. The van der Waals surface area contributed by atoms with Crippen LogP contribution in [-0.4, -0.2) is 37.3 Å². The van der Waals surface area contributed by atoms with Crippen molar-refractivity contribution in [2.75, 3.05) is 18.6 Å².